The Morgan fingerprint density at radius 1 is 0.931 bits per heavy atom. The maximum atomic E-state index is 8.18. The molecule has 6 nitrogen and oxygen atoms in total. The van der Waals surface area contributed by atoms with Crippen LogP contribution in [0.2, 0.25) is 5.02 Å². The summed E-state index contributed by atoms with van der Waals surface area (Å²) in [7, 11) is 0. The third-order valence-electron chi connectivity index (χ3n) is 4.80. The first-order chi connectivity index (χ1) is 14.1. The van der Waals surface area contributed by atoms with E-state index in [4.69, 9.17) is 21.7 Å². The Kier molecular flexibility index (Phi) is 5.62. The summed E-state index contributed by atoms with van der Waals surface area (Å²) in [6, 6.07) is 14.6. The number of nitrogens with one attached hydrogen (secondary N) is 3. The Hall–Kier alpha value is -3.12. The van der Waals surface area contributed by atoms with E-state index >= 15 is 0 Å². The summed E-state index contributed by atoms with van der Waals surface area (Å²) < 4.78 is 5.78. The number of guanidine groups is 1. The summed E-state index contributed by atoms with van der Waals surface area (Å²) in [6.45, 7) is 2.01. The van der Waals surface area contributed by atoms with Crippen LogP contribution >= 0.6 is 11.6 Å². The second-order valence-electron chi connectivity index (χ2n) is 6.97. The van der Waals surface area contributed by atoms with Gasteiger partial charge in [-0.15, -0.1) is 0 Å². The summed E-state index contributed by atoms with van der Waals surface area (Å²) in [6.07, 6.45) is 4.37. The van der Waals surface area contributed by atoms with Gasteiger partial charge in [0.1, 0.15) is 11.5 Å². The quantitative estimate of drug-likeness (QED) is 0.389. The van der Waals surface area contributed by atoms with Crippen molar-refractivity contribution in [3.63, 3.8) is 0 Å². The summed E-state index contributed by atoms with van der Waals surface area (Å²) in [4.78, 5) is 9.09. The highest BCUT2D eigenvalue weighted by atomic mass is 35.5. The molecule has 7 heteroatoms. The number of hydrogen-bond donors (Lipinski definition) is 3. The van der Waals surface area contributed by atoms with Gasteiger partial charge in [-0.3, -0.25) is 10.7 Å². The first-order valence-corrected chi connectivity index (χ1v) is 9.97. The standard InChI is InChI=1S/C22H22ClN5O/c1-14-19-4-2-3-5-20(19)27-22(25-14)28-21(24)26-16-8-12-18(13-9-16)29-17-10-6-15(23)7-11-17/h6-13H,2-5H2,1H3,(H3,24,25,26,27,28). The number of ether oxygens (including phenoxy) is 1. The number of aromatic nitrogens is 2. The molecule has 3 aromatic rings. The second-order valence-corrected chi connectivity index (χ2v) is 7.41. The molecule has 0 spiro atoms. The lowest BCUT2D eigenvalue weighted by Gasteiger charge is -2.18. The van der Waals surface area contributed by atoms with E-state index in [1.807, 2.05) is 43.3 Å². The predicted molar refractivity (Wildman–Crippen MR) is 116 cm³/mol. The Bertz CT molecular complexity index is 1020. The molecule has 0 radical (unpaired) electrons. The van der Waals surface area contributed by atoms with Gasteiger partial charge in [0, 0.05) is 22.1 Å². The van der Waals surface area contributed by atoms with Crippen molar-refractivity contribution in [1.29, 1.82) is 5.41 Å². The number of nitrogens with zero attached hydrogens (tertiary/aromatic N) is 2. The van der Waals surface area contributed by atoms with Gasteiger partial charge in [-0.05, 0) is 86.7 Å². The van der Waals surface area contributed by atoms with Gasteiger partial charge in [-0.25, -0.2) is 9.97 Å². The van der Waals surface area contributed by atoms with Gasteiger partial charge in [-0.2, -0.15) is 0 Å². The summed E-state index contributed by atoms with van der Waals surface area (Å²) in [5.74, 6) is 1.99. The van der Waals surface area contributed by atoms with Crippen LogP contribution in [0, 0.1) is 12.3 Å². The van der Waals surface area contributed by atoms with Gasteiger partial charge in [0.15, 0.2) is 5.96 Å². The summed E-state index contributed by atoms with van der Waals surface area (Å²) >= 11 is 5.89. The van der Waals surface area contributed by atoms with Gasteiger partial charge >= 0.3 is 0 Å². The van der Waals surface area contributed by atoms with Gasteiger partial charge in [-0.1, -0.05) is 11.6 Å². The molecule has 29 heavy (non-hydrogen) atoms. The average Bonchev–Trinajstić information content (AvgIpc) is 2.71. The molecule has 4 rings (SSSR count). The van der Waals surface area contributed by atoms with Gasteiger partial charge in [0.25, 0.3) is 0 Å². The lowest BCUT2D eigenvalue weighted by Crippen LogP contribution is -2.23. The minimum absolute atomic E-state index is 0.117. The number of anilines is 2. The Morgan fingerprint density at radius 3 is 2.31 bits per heavy atom. The topological polar surface area (TPSA) is 82.9 Å². The number of fused-ring (bicyclic) bond motifs is 1. The van der Waals surface area contributed by atoms with E-state index in [0.717, 1.165) is 36.3 Å². The van der Waals surface area contributed by atoms with Crippen LogP contribution in [0.3, 0.4) is 0 Å². The molecule has 0 atom stereocenters. The zero-order valence-electron chi connectivity index (χ0n) is 16.1. The van der Waals surface area contributed by atoms with E-state index in [0.29, 0.717) is 22.5 Å². The fraction of sp³-hybridized carbons (Fsp3) is 0.227. The summed E-state index contributed by atoms with van der Waals surface area (Å²) in [5, 5.41) is 14.8. The highest BCUT2D eigenvalue weighted by molar-refractivity contribution is 6.30. The fourth-order valence-corrected chi connectivity index (χ4v) is 3.50. The average molecular weight is 408 g/mol. The van der Waals surface area contributed by atoms with Crippen LogP contribution in [0.4, 0.5) is 11.6 Å². The Morgan fingerprint density at radius 2 is 1.59 bits per heavy atom. The van der Waals surface area contributed by atoms with Crippen LogP contribution in [0.15, 0.2) is 48.5 Å². The SMILES string of the molecule is Cc1nc(NC(=N)Nc2ccc(Oc3ccc(Cl)cc3)cc2)nc2c1CCCC2. The van der Waals surface area contributed by atoms with E-state index in [1.165, 1.54) is 12.0 Å². The molecule has 148 valence electrons. The monoisotopic (exact) mass is 407 g/mol. The largest absolute Gasteiger partial charge is 0.457 e. The van der Waals surface area contributed by atoms with Crippen molar-refractivity contribution in [2.24, 2.45) is 0 Å². The normalized spacial score (nSPS) is 12.8. The van der Waals surface area contributed by atoms with Crippen molar-refractivity contribution in [3.8, 4) is 11.5 Å². The first kappa shape index (κ1) is 19.2. The molecule has 2 aromatic carbocycles. The molecule has 0 unspecified atom stereocenters. The van der Waals surface area contributed by atoms with Crippen LogP contribution in [0.5, 0.6) is 11.5 Å². The van der Waals surface area contributed by atoms with E-state index in [-0.39, 0.29) is 5.96 Å². The molecular weight excluding hydrogens is 386 g/mol. The molecule has 1 aliphatic carbocycles. The molecule has 0 amide bonds. The molecule has 1 aromatic heterocycles. The van der Waals surface area contributed by atoms with Crippen molar-refractivity contribution < 1.29 is 4.74 Å². The maximum Gasteiger partial charge on any atom is 0.229 e. The molecule has 0 bridgehead atoms. The number of halogens is 1. The minimum atomic E-state index is 0.117. The first-order valence-electron chi connectivity index (χ1n) is 9.59. The van der Waals surface area contributed by atoms with Crippen molar-refractivity contribution in [3.05, 3.63) is 70.5 Å². The molecular formula is C22H22ClN5O. The van der Waals surface area contributed by atoms with Crippen LogP contribution in [0.1, 0.15) is 29.8 Å². The van der Waals surface area contributed by atoms with Crippen LogP contribution in [-0.2, 0) is 12.8 Å². The Balaban J connectivity index is 1.37. The molecule has 0 saturated heterocycles. The number of rotatable bonds is 4. The van der Waals surface area contributed by atoms with Crippen LogP contribution in [0.25, 0.3) is 0 Å². The molecule has 0 saturated carbocycles. The number of benzene rings is 2. The lowest BCUT2D eigenvalue weighted by atomic mass is 9.95. The van der Waals surface area contributed by atoms with Crippen molar-refractivity contribution in [2.75, 3.05) is 10.6 Å². The molecule has 0 fully saturated rings. The smallest absolute Gasteiger partial charge is 0.229 e. The number of hydrogen-bond acceptors (Lipinski definition) is 4. The van der Waals surface area contributed by atoms with Crippen molar-refractivity contribution in [2.45, 2.75) is 32.6 Å². The highest BCUT2D eigenvalue weighted by Gasteiger charge is 2.15. The van der Waals surface area contributed by atoms with E-state index in [9.17, 15) is 0 Å². The van der Waals surface area contributed by atoms with Gasteiger partial charge in [0.2, 0.25) is 5.95 Å². The molecule has 1 aliphatic rings. The van der Waals surface area contributed by atoms with E-state index in [2.05, 4.69) is 20.6 Å². The van der Waals surface area contributed by atoms with Gasteiger partial charge in [0.05, 0.1) is 0 Å². The van der Waals surface area contributed by atoms with E-state index < -0.39 is 0 Å². The molecule has 1 heterocycles. The predicted octanol–water partition coefficient (Wildman–Crippen LogP) is 5.57. The summed E-state index contributed by atoms with van der Waals surface area (Å²) in [5.41, 5.74) is 4.12. The fourth-order valence-electron chi connectivity index (χ4n) is 3.37. The van der Waals surface area contributed by atoms with Crippen molar-refractivity contribution >= 4 is 29.2 Å². The third kappa shape index (κ3) is 4.84. The maximum absolute atomic E-state index is 8.18. The third-order valence-corrected chi connectivity index (χ3v) is 5.05. The molecule has 3 N–H and O–H groups in total. The zero-order valence-corrected chi connectivity index (χ0v) is 16.9. The Labute approximate surface area is 174 Å². The second kappa shape index (κ2) is 8.49. The minimum Gasteiger partial charge on any atom is -0.457 e. The lowest BCUT2D eigenvalue weighted by molar-refractivity contribution is 0.483. The van der Waals surface area contributed by atoms with Gasteiger partial charge < -0.3 is 10.1 Å². The van der Waals surface area contributed by atoms with Crippen LogP contribution < -0.4 is 15.4 Å². The van der Waals surface area contributed by atoms with Crippen LogP contribution in [-0.4, -0.2) is 15.9 Å². The highest BCUT2D eigenvalue weighted by Crippen LogP contribution is 2.25. The molecule has 0 aliphatic heterocycles. The van der Waals surface area contributed by atoms with E-state index in [1.54, 1.807) is 12.1 Å². The zero-order chi connectivity index (χ0) is 20.2. The number of aryl methyl sites for hydroxylation is 2. The van der Waals surface area contributed by atoms with Crippen molar-refractivity contribution in [1.82, 2.24) is 9.97 Å².